The van der Waals surface area contributed by atoms with Crippen molar-refractivity contribution in [3.63, 3.8) is 0 Å². The van der Waals surface area contributed by atoms with Crippen molar-refractivity contribution in [2.24, 2.45) is 0 Å². The molecule has 4 heteroatoms. The van der Waals surface area contributed by atoms with Crippen molar-refractivity contribution in [2.45, 2.75) is 27.2 Å². The molecule has 0 heterocycles. The first kappa shape index (κ1) is 14.0. The second-order valence-electron chi connectivity index (χ2n) is 3.99. The summed E-state index contributed by atoms with van der Waals surface area (Å²) >= 11 is 3.53. The van der Waals surface area contributed by atoms with Gasteiger partial charge in [-0.3, -0.25) is 4.79 Å². The minimum atomic E-state index is 0.101. The fourth-order valence-corrected chi connectivity index (χ4v) is 2.33. The zero-order chi connectivity index (χ0) is 13.2. The van der Waals surface area contributed by atoms with Gasteiger partial charge in [0, 0.05) is 22.0 Å². The molecule has 0 amide bonds. The van der Waals surface area contributed by atoms with Gasteiger partial charge in [0.2, 0.25) is 0 Å². The van der Waals surface area contributed by atoms with E-state index in [4.69, 9.17) is 9.47 Å². The second kappa shape index (κ2) is 5.54. The predicted octanol–water partition coefficient (Wildman–Crippen LogP) is 3.21. The van der Waals surface area contributed by atoms with Gasteiger partial charge in [-0.1, -0.05) is 15.9 Å². The first-order valence-electron chi connectivity index (χ1n) is 5.32. The number of methoxy groups -OCH3 is 2. The van der Waals surface area contributed by atoms with Gasteiger partial charge in [0.25, 0.3) is 0 Å². The van der Waals surface area contributed by atoms with E-state index in [1.165, 1.54) is 0 Å². The van der Waals surface area contributed by atoms with Crippen molar-refractivity contribution in [3.05, 3.63) is 21.2 Å². The fourth-order valence-electron chi connectivity index (χ4n) is 1.91. The Morgan fingerprint density at radius 2 is 1.65 bits per heavy atom. The van der Waals surface area contributed by atoms with Gasteiger partial charge in [-0.15, -0.1) is 0 Å². The van der Waals surface area contributed by atoms with Crippen LogP contribution in [0.3, 0.4) is 0 Å². The summed E-state index contributed by atoms with van der Waals surface area (Å²) in [6.45, 7) is 5.49. The number of ketones is 1. The first-order valence-corrected chi connectivity index (χ1v) is 6.12. The molecular formula is C13H17BrO3. The predicted molar refractivity (Wildman–Crippen MR) is 71.1 cm³/mol. The summed E-state index contributed by atoms with van der Waals surface area (Å²) in [4.78, 5) is 11.3. The lowest BCUT2D eigenvalue weighted by molar-refractivity contribution is -0.116. The number of carbonyl (C=O) groups excluding carboxylic acids is 1. The van der Waals surface area contributed by atoms with Crippen LogP contribution in [0, 0.1) is 13.8 Å². The van der Waals surface area contributed by atoms with Gasteiger partial charge in [0.15, 0.2) is 11.5 Å². The molecular weight excluding hydrogens is 284 g/mol. The van der Waals surface area contributed by atoms with Gasteiger partial charge < -0.3 is 9.47 Å². The highest BCUT2D eigenvalue weighted by Crippen LogP contribution is 2.42. The Balaban J connectivity index is 3.55. The highest BCUT2D eigenvalue weighted by Gasteiger charge is 2.20. The maximum atomic E-state index is 11.3. The SMILES string of the molecule is COc1c(C)c(Br)c(C)c(CC(C)=O)c1OC. The smallest absolute Gasteiger partial charge is 0.165 e. The zero-order valence-corrected chi connectivity index (χ0v) is 12.4. The average molecular weight is 301 g/mol. The highest BCUT2D eigenvalue weighted by molar-refractivity contribution is 9.10. The van der Waals surface area contributed by atoms with Crippen molar-refractivity contribution < 1.29 is 14.3 Å². The maximum Gasteiger partial charge on any atom is 0.165 e. The molecule has 0 aliphatic heterocycles. The van der Waals surface area contributed by atoms with E-state index < -0.39 is 0 Å². The van der Waals surface area contributed by atoms with Gasteiger partial charge in [-0.05, 0) is 26.3 Å². The molecule has 3 nitrogen and oxygen atoms in total. The van der Waals surface area contributed by atoms with Crippen LogP contribution in [0.15, 0.2) is 4.47 Å². The van der Waals surface area contributed by atoms with Crippen molar-refractivity contribution >= 4 is 21.7 Å². The summed E-state index contributed by atoms with van der Waals surface area (Å²) in [6.07, 6.45) is 0.351. The van der Waals surface area contributed by atoms with Crippen LogP contribution in [-0.4, -0.2) is 20.0 Å². The lowest BCUT2D eigenvalue weighted by Gasteiger charge is -2.19. The van der Waals surface area contributed by atoms with E-state index in [2.05, 4.69) is 15.9 Å². The van der Waals surface area contributed by atoms with Crippen molar-refractivity contribution in [1.29, 1.82) is 0 Å². The topological polar surface area (TPSA) is 35.5 Å². The summed E-state index contributed by atoms with van der Waals surface area (Å²) in [5.74, 6) is 1.44. The third kappa shape index (κ3) is 2.63. The molecule has 0 radical (unpaired) electrons. The standard InChI is InChI=1S/C13H17BrO3/c1-7(15)6-10-8(2)11(14)9(3)12(16-4)13(10)17-5/h6H2,1-5H3. The Hall–Kier alpha value is -1.03. The lowest BCUT2D eigenvalue weighted by Crippen LogP contribution is -2.06. The van der Waals surface area contributed by atoms with Crippen LogP contribution in [0.5, 0.6) is 11.5 Å². The molecule has 0 N–H and O–H groups in total. The number of ether oxygens (including phenoxy) is 2. The summed E-state index contributed by atoms with van der Waals surface area (Å²) in [5, 5.41) is 0. The quantitative estimate of drug-likeness (QED) is 0.856. The van der Waals surface area contributed by atoms with Crippen molar-refractivity contribution in [3.8, 4) is 11.5 Å². The van der Waals surface area contributed by atoms with Crippen LogP contribution >= 0.6 is 15.9 Å². The molecule has 0 unspecified atom stereocenters. The van der Waals surface area contributed by atoms with E-state index in [9.17, 15) is 4.79 Å². The summed E-state index contributed by atoms with van der Waals surface area (Å²) < 4.78 is 11.7. The molecule has 94 valence electrons. The van der Waals surface area contributed by atoms with E-state index in [-0.39, 0.29) is 5.78 Å². The van der Waals surface area contributed by atoms with Gasteiger partial charge in [-0.25, -0.2) is 0 Å². The third-order valence-corrected chi connectivity index (χ3v) is 3.96. The molecule has 0 aliphatic carbocycles. The van der Waals surface area contributed by atoms with Crippen LogP contribution in [0.2, 0.25) is 0 Å². The molecule has 1 aromatic carbocycles. The van der Waals surface area contributed by atoms with Gasteiger partial charge in [-0.2, -0.15) is 0 Å². The van der Waals surface area contributed by atoms with Crippen LogP contribution in [0.1, 0.15) is 23.6 Å². The molecule has 0 aromatic heterocycles. The number of hydrogen-bond donors (Lipinski definition) is 0. The number of halogens is 1. The Labute approximate surface area is 110 Å². The summed E-state index contributed by atoms with van der Waals surface area (Å²) in [5.41, 5.74) is 2.89. The minimum absolute atomic E-state index is 0.101. The van der Waals surface area contributed by atoms with Gasteiger partial charge in [0.1, 0.15) is 5.78 Å². The molecule has 1 aromatic rings. The van der Waals surface area contributed by atoms with Gasteiger partial charge >= 0.3 is 0 Å². The summed E-state index contributed by atoms with van der Waals surface area (Å²) in [6, 6.07) is 0. The molecule has 0 saturated carbocycles. The highest BCUT2D eigenvalue weighted by atomic mass is 79.9. The van der Waals surface area contributed by atoms with E-state index in [1.54, 1.807) is 21.1 Å². The zero-order valence-electron chi connectivity index (χ0n) is 10.8. The number of rotatable bonds is 4. The molecule has 17 heavy (non-hydrogen) atoms. The molecule has 0 spiro atoms. The molecule has 0 fully saturated rings. The molecule has 1 rings (SSSR count). The van der Waals surface area contributed by atoms with E-state index in [0.29, 0.717) is 17.9 Å². The molecule has 0 bridgehead atoms. The second-order valence-corrected chi connectivity index (χ2v) is 4.78. The Bertz CT molecular complexity index is 453. The largest absolute Gasteiger partial charge is 0.493 e. The summed E-state index contributed by atoms with van der Waals surface area (Å²) in [7, 11) is 3.19. The number of benzene rings is 1. The number of hydrogen-bond acceptors (Lipinski definition) is 3. The van der Waals surface area contributed by atoms with Gasteiger partial charge in [0.05, 0.1) is 14.2 Å². The molecule has 0 saturated heterocycles. The minimum Gasteiger partial charge on any atom is -0.493 e. The Kier molecular flexibility index (Phi) is 4.57. The molecule has 0 atom stereocenters. The van der Waals surface area contributed by atoms with Crippen LogP contribution < -0.4 is 9.47 Å². The van der Waals surface area contributed by atoms with Crippen LogP contribution in [-0.2, 0) is 11.2 Å². The monoisotopic (exact) mass is 300 g/mol. The first-order chi connectivity index (χ1) is 7.93. The van der Waals surface area contributed by atoms with E-state index in [1.807, 2.05) is 13.8 Å². The fraction of sp³-hybridized carbons (Fsp3) is 0.462. The number of Topliss-reactive ketones (excluding diaryl/α,β-unsaturated/α-hetero) is 1. The Morgan fingerprint density at radius 3 is 2.06 bits per heavy atom. The van der Waals surface area contributed by atoms with E-state index in [0.717, 1.165) is 21.2 Å². The van der Waals surface area contributed by atoms with Crippen molar-refractivity contribution in [1.82, 2.24) is 0 Å². The molecule has 0 aliphatic rings. The van der Waals surface area contributed by atoms with Crippen LogP contribution in [0.25, 0.3) is 0 Å². The normalized spacial score (nSPS) is 10.2. The third-order valence-electron chi connectivity index (χ3n) is 2.77. The maximum absolute atomic E-state index is 11.3. The number of carbonyl (C=O) groups is 1. The average Bonchev–Trinajstić information content (AvgIpc) is 2.29. The van der Waals surface area contributed by atoms with E-state index >= 15 is 0 Å². The van der Waals surface area contributed by atoms with Crippen molar-refractivity contribution in [2.75, 3.05) is 14.2 Å². The Morgan fingerprint density at radius 1 is 1.12 bits per heavy atom. The van der Waals surface area contributed by atoms with Crippen LogP contribution in [0.4, 0.5) is 0 Å². The lowest BCUT2D eigenvalue weighted by atomic mass is 9.99.